The van der Waals surface area contributed by atoms with Crippen LogP contribution in [0.4, 0.5) is 5.69 Å². The van der Waals surface area contributed by atoms with E-state index < -0.39 is 0 Å². The minimum atomic E-state index is -0.253. The summed E-state index contributed by atoms with van der Waals surface area (Å²) in [5, 5.41) is 11.1. The predicted octanol–water partition coefficient (Wildman–Crippen LogP) is 3.75. The van der Waals surface area contributed by atoms with Gasteiger partial charge in [0.2, 0.25) is 0 Å². The van der Waals surface area contributed by atoms with Crippen LogP contribution in [0.5, 0.6) is 0 Å². The van der Waals surface area contributed by atoms with Crippen LogP contribution in [0.1, 0.15) is 17.5 Å². The first-order valence-electron chi connectivity index (χ1n) is 6.11. The Bertz CT molecular complexity index is 605. The van der Waals surface area contributed by atoms with E-state index in [2.05, 4.69) is 6.07 Å². The van der Waals surface area contributed by atoms with Crippen molar-refractivity contribution in [1.29, 1.82) is 0 Å². The number of nitrogens with zero attached hydrogens (tertiary/aromatic N) is 1. The van der Waals surface area contributed by atoms with E-state index in [4.69, 9.17) is 0 Å². The van der Waals surface area contributed by atoms with Crippen LogP contribution in [-0.2, 0) is 12.8 Å². The Morgan fingerprint density at radius 3 is 2.50 bits per heavy atom. The molecule has 3 nitrogen and oxygen atoms in total. The Morgan fingerprint density at radius 1 is 1.00 bits per heavy atom. The summed E-state index contributed by atoms with van der Waals surface area (Å²) in [6.45, 7) is 0. The topological polar surface area (TPSA) is 43.1 Å². The molecular weight excluding hydrogens is 226 g/mol. The van der Waals surface area contributed by atoms with Crippen LogP contribution in [-0.4, -0.2) is 4.92 Å². The zero-order valence-corrected chi connectivity index (χ0v) is 9.93. The van der Waals surface area contributed by atoms with Crippen molar-refractivity contribution in [3.63, 3.8) is 0 Å². The molecule has 2 aromatic rings. The van der Waals surface area contributed by atoms with Crippen LogP contribution in [0.2, 0.25) is 0 Å². The molecule has 2 aromatic carbocycles. The van der Waals surface area contributed by atoms with Gasteiger partial charge in [-0.15, -0.1) is 0 Å². The molecule has 0 heterocycles. The van der Waals surface area contributed by atoms with Crippen molar-refractivity contribution in [2.24, 2.45) is 0 Å². The third-order valence-electron chi connectivity index (χ3n) is 3.50. The van der Waals surface area contributed by atoms with E-state index in [-0.39, 0.29) is 10.6 Å². The number of rotatable bonds is 2. The number of fused-ring (bicyclic) bond motifs is 1. The molecule has 0 radical (unpaired) electrons. The van der Waals surface area contributed by atoms with E-state index in [1.165, 1.54) is 0 Å². The molecule has 0 spiro atoms. The van der Waals surface area contributed by atoms with Crippen LogP contribution >= 0.6 is 0 Å². The molecule has 0 bridgehead atoms. The molecule has 18 heavy (non-hydrogen) atoms. The Labute approximate surface area is 105 Å². The van der Waals surface area contributed by atoms with Gasteiger partial charge >= 0.3 is 0 Å². The molecule has 0 fully saturated rings. The molecule has 0 amide bonds. The summed E-state index contributed by atoms with van der Waals surface area (Å²) in [4.78, 5) is 10.9. The third-order valence-corrected chi connectivity index (χ3v) is 3.50. The number of benzene rings is 2. The SMILES string of the molecule is O=[N+]([O-])c1cc(-c2ccccc2)cc2c1CCC2. The van der Waals surface area contributed by atoms with E-state index in [0.717, 1.165) is 41.5 Å². The summed E-state index contributed by atoms with van der Waals surface area (Å²) in [5.74, 6) is 0. The van der Waals surface area contributed by atoms with Gasteiger partial charge in [0.15, 0.2) is 0 Å². The lowest BCUT2D eigenvalue weighted by Crippen LogP contribution is -1.96. The predicted molar refractivity (Wildman–Crippen MR) is 70.6 cm³/mol. The largest absolute Gasteiger partial charge is 0.273 e. The number of nitro groups is 1. The van der Waals surface area contributed by atoms with Gasteiger partial charge in [-0.25, -0.2) is 0 Å². The maximum Gasteiger partial charge on any atom is 0.273 e. The highest BCUT2D eigenvalue weighted by molar-refractivity contribution is 5.69. The highest BCUT2D eigenvalue weighted by Crippen LogP contribution is 2.35. The molecule has 90 valence electrons. The van der Waals surface area contributed by atoms with E-state index >= 15 is 0 Å². The molecule has 0 saturated heterocycles. The fraction of sp³-hybridized carbons (Fsp3) is 0.200. The van der Waals surface area contributed by atoms with Crippen molar-refractivity contribution in [2.75, 3.05) is 0 Å². The maximum atomic E-state index is 11.1. The summed E-state index contributed by atoms with van der Waals surface area (Å²) in [6.07, 6.45) is 2.81. The van der Waals surface area contributed by atoms with Crippen molar-refractivity contribution in [1.82, 2.24) is 0 Å². The third kappa shape index (κ3) is 1.78. The second-order valence-electron chi connectivity index (χ2n) is 4.61. The molecule has 1 aliphatic rings. The second kappa shape index (κ2) is 4.26. The van der Waals surface area contributed by atoms with Crippen molar-refractivity contribution >= 4 is 5.69 Å². The summed E-state index contributed by atoms with van der Waals surface area (Å²) >= 11 is 0. The average molecular weight is 239 g/mol. The van der Waals surface area contributed by atoms with Crippen molar-refractivity contribution in [3.8, 4) is 11.1 Å². The molecular formula is C15H13NO2. The van der Waals surface area contributed by atoms with Gasteiger partial charge in [0.25, 0.3) is 5.69 Å². The average Bonchev–Trinajstić information content (AvgIpc) is 2.86. The number of hydrogen-bond donors (Lipinski definition) is 0. The minimum absolute atomic E-state index is 0.253. The fourth-order valence-electron chi connectivity index (χ4n) is 2.64. The molecule has 1 aliphatic carbocycles. The standard InChI is InChI=1S/C15H13NO2/c17-16(18)15-10-13(11-5-2-1-3-6-11)9-12-7-4-8-14(12)15/h1-3,5-6,9-10H,4,7-8H2. The maximum absolute atomic E-state index is 11.1. The fourth-order valence-corrected chi connectivity index (χ4v) is 2.64. The van der Waals surface area contributed by atoms with Crippen LogP contribution in [0.3, 0.4) is 0 Å². The van der Waals surface area contributed by atoms with Gasteiger partial charge in [-0.3, -0.25) is 10.1 Å². The summed E-state index contributed by atoms with van der Waals surface area (Å²) in [7, 11) is 0. The lowest BCUT2D eigenvalue weighted by molar-refractivity contribution is -0.385. The van der Waals surface area contributed by atoms with E-state index in [0.29, 0.717) is 0 Å². The van der Waals surface area contributed by atoms with Gasteiger partial charge in [-0.2, -0.15) is 0 Å². The minimum Gasteiger partial charge on any atom is -0.258 e. The first kappa shape index (κ1) is 11.0. The van der Waals surface area contributed by atoms with Crippen molar-refractivity contribution in [2.45, 2.75) is 19.3 Å². The molecule has 0 aromatic heterocycles. The Morgan fingerprint density at radius 2 is 1.78 bits per heavy atom. The van der Waals surface area contributed by atoms with Gasteiger partial charge in [0.05, 0.1) is 4.92 Å². The Kier molecular flexibility index (Phi) is 2.59. The van der Waals surface area contributed by atoms with Crippen LogP contribution in [0, 0.1) is 10.1 Å². The molecule has 0 unspecified atom stereocenters. The highest BCUT2D eigenvalue weighted by atomic mass is 16.6. The first-order valence-corrected chi connectivity index (χ1v) is 6.11. The van der Waals surface area contributed by atoms with Gasteiger partial charge in [0.1, 0.15) is 0 Å². The lowest BCUT2D eigenvalue weighted by atomic mass is 9.99. The highest BCUT2D eigenvalue weighted by Gasteiger charge is 2.23. The molecule has 3 rings (SSSR count). The Balaban J connectivity index is 2.18. The lowest BCUT2D eigenvalue weighted by Gasteiger charge is -2.06. The number of aryl methyl sites for hydroxylation is 1. The normalized spacial score (nSPS) is 13.3. The zero-order chi connectivity index (χ0) is 12.5. The molecule has 0 N–H and O–H groups in total. The van der Waals surface area contributed by atoms with E-state index in [1.807, 2.05) is 30.3 Å². The number of nitro benzene ring substituents is 1. The van der Waals surface area contributed by atoms with Gasteiger partial charge in [-0.1, -0.05) is 36.4 Å². The van der Waals surface area contributed by atoms with Crippen molar-refractivity contribution < 1.29 is 4.92 Å². The molecule has 3 heteroatoms. The Hall–Kier alpha value is -2.16. The van der Waals surface area contributed by atoms with Gasteiger partial charge in [0, 0.05) is 11.6 Å². The van der Waals surface area contributed by atoms with Gasteiger partial charge < -0.3 is 0 Å². The smallest absolute Gasteiger partial charge is 0.258 e. The van der Waals surface area contributed by atoms with Crippen LogP contribution < -0.4 is 0 Å². The monoisotopic (exact) mass is 239 g/mol. The molecule has 0 aliphatic heterocycles. The van der Waals surface area contributed by atoms with Crippen LogP contribution in [0.25, 0.3) is 11.1 Å². The summed E-state index contributed by atoms with van der Waals surface area (Å²) in [5.41, 5.74) is 4.34. The van der Waals surface area contributed by atoms with Gasteiger partial charge in [-0.05, 0) is 36.0 Å². The molecule has 0 atom stereocenters. The zero-order valence-electron chi connectivity index (χ0n) is 9.93. The molecule has 0 saturated carbocycles. The second-order valence-corrected chi connectivity index (χ2v) is 4.61. The summed E-state index contributed by atoms with van der Waals surface area (Å²) in [6, 6.07) is 13.6. The number of hydrogen-bond acceptors (Lipinski definition) is 2. The quantitative estimate of drug-likeness (QED) is 0.591. The van der Waals surface area contributed by atoms with E-state index in [9.17, 15) is 10.1 Å². The summed E-state index contributed by atoms with van der Waals surface area (Å²) < 4.78 is 0. The van der Waals surface area contributed by atoms with Crippen molar-refractivity contribution in [3.05, 3.63) is 63.7 Å². The first-order chi connectivity index (χ1) is 8.75. The van der Waals surface area contributed by atoms with E-state index in [1.54, 1.807) is 6.07 Å². The van der Waals surface area contributed by atoms with Crippen LogP contribution in [0.15, 0.2) is 42.5 Å².